The van der Waals surface area contributed by atoms with Gasteiger partial charge >= 0.3 is 5.97 Å². The average molecular weight is 282 g/mol. The summed E-state index contributed by atoms with van der Waals surface area (Å²) in [5, 5.41) is 0. The van der Waals surface area contributed by atoms with E-state index in [-0.39, 0.29) is 11.4 Å². The van der Waals surface area contributed by atoms with Gasteiger partial charge in [0.15, 0.2) is 0 Å². The van der Waals surface area contributed by atoms with Crippen LogP contribution >= 0.6 is 22.6 Å². The maximum atomic E-state index is 11.1. The molecule has 1 saturated carbocycles. The van der Waals surface area contributed by atoms with Crippen molar-refractivity contribution in [2.45, 2.75) is 32.1 Å². The molecule has 2 nitrogen and oxygen atoms in total. The zero-order valence-electron chi connectivity index (χ0n) is 7.44. The van der Waals surface area contributed by atoms with Crippen LogP contribution in [0.25, 0.3) is 0 Å². The highest BCUT2D eigenvalue weighted by Gasteiger charge is 2.35. The quantitative estimate of drug-likeness (QED) is 0.452. The van der Waals surface area contributed by atoms with Crippen molar-refractivity contribution in [1.29, 1.82) is 0 Å². The molecule has 0 N–H and O–H groups in total. The fourth-order valence-electron chi connectivity index (χ4n) is 1.86. The van der Waals surface area contributed by atoms with Crippen LogP contribution in [0.4, 0.5) is 0 Å². The van der Waals surface area contributed by atoms with Crippen LogP contribution in [0, 0.1) is 5.41 Å². The molecule has 3 heteroatoms. The number of carbonyl (C=O) groups excluding carboxylic acids is 1. The van der Waals surface area contributed by atoms with E-state index in [9.17, 15) is 4.79 Å². The van der Waals surface area contributed by atoms with Gasteiger partial charge in [-0.3, -0.25) is 4.79 Å². The van der Waals surface area contributed by atoms with E-state index in [0.29, 0.717) is 6.42 Å². The summed E-state index contributed by atoms with van der Waals surface area (Å²) in [5.41, 5.74) is 0.271. The van der Waals surface area contributed by atoms with Gasteiger partial charge in [0.2, 0.25) is 0 Å². The Bertz CT molecular complexity index is 162. The highest BCUT2D eigenvalue weighted by atomic mass is 127. The van der Waals surface area contributed by atoms with Crippen LogP contribution in [-0.4, -0.2) is 17.5 Å². The van der Waals surface area contributed by atoms with Crippen LogP contribution in [0.15, 0.2) is 0 Å². The summed E-state index contributed by atoms with van der Waals surface area (Å²) < 4.78 is 5.78. The van der Waals surface area contributed by atoms with Gasteiger partial charge in [0.25, 0.3) is 0 Å². The van der Waals surface area contributed by atoms with Crippen molar-refractivity contribution in [3.8, 4) is 0 Å². The number of methoxy groups -OCH3 is 1. The van der Waals surface area contributed by atoms with Crippen molar-refractivity contribution in [1.82, 2.24) is 0 Å². The SMILES string of the molecule is COC(=O)CC1(CI)CCCC1. The Kier molecular flexibility index (Phi) is 3.80. The minimum atomic E-state index is -0.0476. The van der Waals surface area contributed by atoms with Crippen LogP contribution in [0.2, 0.25) is 0 Å². The number of halogens is 1. The maximum absolute atomic E-state index is 11.1. The lowest BCUT2D eigenvalue weighted by Gasteiger charge is -2.24. The van der Waals surface area contributed by atoms with Gasteiger partial charge < -0.3 is 4.74 Å². The number of ether oxygens (including phenoxy) is 1. The number of hydrogen-bond donors (Lipinski definition) is 0. The third-order valence-corrected chi connectivity index (χ3v) is 4.31. The lowest BCUT2D eigenvalue weighted by molar-refractivity contribution is -0.142. The summed E-state index contributed by atoms with van der Waals surface area (Å²) >= 11 is 2.38. The third-order valence-electron chi connectivity index (χ3n) is 2.69. The van der Waals surface area contributed by atoms with Gasteiger partial charge in [-0.1, -0.05) is 35.4 Å². The van der Waals surface area contributed by atoms with Crippen LogP contribution in [0.3, 0.4) is 0 Å². The Morgan fingerprint density at radius 3 is 2.50 bits per heavy atom. The second-order valence-corrected chi connectivity index (χ2v) is 4.36. The Morgan fingerprint density at radius 2 is 2.08 bits per heavy atom. The van der Waals surface area contributed by atoms with Crippen molar-refractivity contribution < 1.29 is 9.53 Å². The first-order valence-electron chi connectivity index (χ1n) is 4.35. The smallest absolute Gasteiger partial charge is 0.306 e. The molecule has 0 aromatic carbocycles. The van der Waals surface area contributed by atoms with Crippen molar-refractivity contribution in [3.63, 3.8) is 0 Å². The van der Waals surface area contributed by atoms with Gasteiger partial charge in [0.05, 0.1) is 13.5 Å². The molecule has 0 heterocycles. The molecule has 0 aliphatic heterocycles. The second kappa shape index (κ2) is 4.44. The Balaban J connectivity index is 2.49. The van der Waals surface area contributed by atoms with E-state index < -0.39 is 0 Å². The third kappa shape index (κ3) is 2.34. The zero-order chi connectivity index (χ0) is 9.03. The second-order valence-electron chi connectivity index (χ2n) is 3.59. The standard InChI is InChI=1S/C9H15IO2/c1-12-8(11)6-9(7-10)4-2-3-5-9/h2-7H2,1H3. The van der Waals surface area contributed by atoms with Crippen LogP contribution < -0.4 is 0 Å². The molecular formula is C9H15IO2. The highest BCUT2D eigenvalue weighted by molar-refractivity contribution is 14.1. The molecule has 0 aromatic heterocycles. The minimum Gasteiger partial charge on any atom is -0.469 e. The first-order valence-corrected chi connectivity index (χ1v) is 5.88. The Morgan fingerprint density at radius 1 is 1.50 bits per heavy atom. The van der Waals surface area contributed by atoms with E-state index in [1.54, 1.807) is 0 Å². The van der Waals surface area contributed by atoms with E-state index in [1.165, 1.54) is 32.8 Å². The summed E-state index contributed by atoms with van der Waals surface area (Å²) in [6.07, 6.45) is 5.57. The molecule has 0 saturated heterocycles. The van der Waals surface area contributed by atoms with E-state index in [0.717, 1.165) is 4.43 Å². The van der Waals surface area contributed by atoms with Gasteiger partial charge in [-0.2, -0.15) is 0 Å². The highest BCUT2D eigenvalue weighted by Crippen LogP contribution is 2.42. The van der Waals surface area contributed by atoms with Gasteiger partial charge in [0.1, 0.15) is 0 Å². The molecule has 12 heavy (non-hydrogen) atoms. The average Bonchev–Trinajstić information content (AvgIpc) is 2.54. The van der Waals surface area contributed by atoms with E-state index in [2.05, 4.69) is 22.6 Å². The normalized spacial score (nSPS) is 20.8. The number of carbonyl (C=O) groups is 1. The van der Waals surface area contributed by atoms with Crippen molar-refractivity contribution >= 4 is 28.6 Å². The number of rotatable bonds is 3. The van der Waals surface area contributed by atoms with E-state index in [1.807, 2.05) is 0 Å². The molecular weight excluding hydrogens is 267 g/mol. The topological polar surface area (TPSA) is 26.3 Å². The first-order chi connectivity index (χ1) is 5.72. The molecule has 0 spiro atoms. The largest absolute Gasteiger partial charge is 0.469 e. The van der Waals surface area contributed by atoms with Crippen LogP contribution in [0.5, 0.6) is 0 Å². The molecule has 1 rings (SSSR count). The lowest BCUT2D eigenvalue weighted by Crippen LogP contribution is -2.23. The van der Waals surface area contributed by atoms with Crippen LogP contribution in [0.1, 0.15) is 32.1 Å². The Hall–Kier alpha value is 0.200. The zero-order valence-corrected chi connectivity index (χ0v) is 9.59. The van der Waals surface area contributed by atoms with Crippen LogP contribution in [-0.2, 0) is 9.53 Å². The number of alkyl halides is 1. The summed E-state index contributed by atoms with van der Waals surface area (Å²) in [7, 11) is 1.47. The molecule has 0 amide bonds. The summed E-state index contributed by atoms with van der Waals surface area (Å²) in [5.74, 6) is -0.0476. The minimum absolute atomic E-state index is 0.0476. The van der Waals surface area contributed by atoms with E-state index in [4.69, 9.17) is 4.74 Å². The van der Waals surface area contributed by atoms with E-state index >= 15 is 0 Å². The molecule has 0 unspecified atom stereocenters. The van der Waals surface area contributed by atoms with Gasteiger partial charge in [-0.15, -0.1) is 0 Å². The molecule has 1 aliphatic carbocycles. The predicted molar refractivity (Wildman–Crippen MR) is 56.4 cm³/mol. The predicted octanol–water partition coefficient (Wildman–Crippen LogP) is 2.54. The molecule has 1 aliphatic rings. The lowest BCUT2D eigenvalue weighted by atomic mass is 9.85. The van der Waals surface area contributed by atoms with Gasteiger partial charge in [-0.05, 0) is 18.3 Å². The summed E-state index contributed by atoms with van der Waals surface area (Å²) in [6.45, 7) is 0. The molecule has 0 atom stereocenters. The van der Waals surface area contributed by atoms with Crippen molar-refractivity contribution in [2.75, 3.05) is 11.5 Å². The fraction of sp³-hybridized carbons (Fsp3) is 0.889. The Labute approximate surface area is 87.2 Å². The summed E-state index contributed by atoms with van der Waals surface area (Å²) in [6, 6.07) is 0. The first kappa shape index (κ1) is 10.3. The number of hydrogen-bond acceptors (Lipinski definition) is 2. The molecule has 0 radical (unpaired) electrons. The monoisotopic (exact) mass is 282 g/mol. The molecule has 1 fully saturated rings. The van der Waals surface area contributed by atoms with Gasteiger partial charge in [0, 0.05) is 4.43 Å². The molecule has 70 valence electrons. The van der Waals surface area contributed by atoms with Crippen molar-refractivity contribution in [2.24, 2.45) is 5.41 Å². The molecule has 0 aromatic rings. The van der Waals surface area contributed by atoms with Crippen molar-refractivity contribution in [3.05, 3.63) is 0 Å². The van der Waals surface area contributed by atoms with Gasteiger partial charge in [-0.25, -0.2) is 0 Å². The molecule has 0 bridgehead atoms. The summed E-state index contributed by atoms with van der Waals surface area (Å²) in [4.78, 5) is 11.1. The number of esters is 1. The maximum Gasteiger partial charge on any atom is 0.306 e. The fourth-order valence-corrected chi connectivity index (χ4v) is 2.89.